The molecule has 0 radical (unpaired) electrons. The van der Waals surface area contributed by atoms with Crippen molar-refractivity contribution in [3.63, 3.8) is 0 Å². The molecule has 1 N–H and O–H groups in total. The van der Waals surface area contributed by atoms with Gasteiger partial charge in [0.25, 0.3) is 5.91 Å². The molecule has 0 saturated heterocycles. The predicted molar refractivity (Wildman–Crippen MR) is 96.2 cm³/mol. The Morgan fingerprint density at radius 1 is 1.21 bits per heavy atom. The number of hydrogen-bond acceptors (Lipinski definition) is 5. The summed E-state index contributed by atoms with van der Waals surface area (Å²) in [5.74, 6) is 0.260. The Morgan fingerprint density at radius 2 is 2.04 bits per heavy atom. The van der Waals surface area contributed by atoms with E-state index in [1.165, 1.54) is 17.3 Å². The molecule has 2 unspecified atom stereocenters. The van der Waals surface area contributed by atoms with Gasteiger partial charge in [-0.05, 0) is 24.6 Å². The van der Waals surface area contributed by atoms with Crippen molar-refractivity contribution in [3.8, 4) is 0 Å². The van der Waals surface area contributed by atoms with Crippen LogP contribution in [-0.4, -0.2) is 27.4 Å². The van der Waals surface area contributed by atoms with Gasteiger partial charge in [-0.25, -0.2) is 4.99 Å². The first kappa shape index (κ1) is 15.1. The Morgan fingerprint density at radius 3 is 2.71 bits per heavy atom. The van der Waals surface area contributed by atoms with Crippen molar-refractivity contribution in [1.29, 1.82) is 0 Å². The maximum Gasteiger partial charge on any atom is 0.256 e. The van der Waals surface area contributed by atoms with E-state index in [0.717, 1.165) is 21.9 Å². The lowest BCUT2D eigenvalue weighted by Gasteiger charge is -2.21. The van der Waals surface area contributed by atoms with Crippen molar-refractivity contribution in [2.45, 2.75) is 13.0 Å². The van der Waals surface area contributed by atoms with Gasteiger partial charge in [-0.15, -0.1) is 0 Å². The molecule has 2 aromatic rings. The molecule has 1 amide bonds. The monoisotopic (exact) mass is 336 g/mol. The maximum absolute atomic E-state index is 11.7. The zero-order valence-electron chi connectivity index (χ0n) is 13.1. The molecule has 1 aromatic carbocycles. The second-order valence-electron chi connectivity index (χ2n) is 5.87. The number of rotatable bonds is 3. The third-order valence-electron chi connectivity index (χ3n) is 4.19. The van der Waals surface area contributed by atoms with Crippen molar-refractivity contribution < 1.29 is 4.79 Å². The van der Waals surface area contributed by atoms with E-state index in [-0.39, 0.29) is 17.9 Å². The third-order valence-corrected chi connectivity index (χ3v) is 5.22. The highest BCUT2D eigenvalue weighted by atomic mass is 32.2. The molecule has 6 heteroatoms. The molecule has 24 heavy (non-hydrogen) atoms. The van der Waals surface area contributed by atoms with Gasteiger partial charge in [0.1, 0.15) is 0 Å². The highest BCUT2D eigenvalue weighted by Gasteiger charge is 2.39. The third kappa shape index (κ3) is 2.73. The van der Waals surface area contributed by atoms with Gasteiger partial charge < -0.3 is 5.43 Å². The van der Waals surface area contributed by atoms with Crippen LogP contribution >= 0.6 is 11.8 Å². The minimum absolute atomic E-state index is 0.0297. The number of carbonyl (C=O) groups is 1. The summed E-state index contributed by atoms with van der Waals surface area (Å²) in [5.41, 5.74) is 7.42. The summed E-state index contributed by atoms with van der Waals surface area (Å²) in [5, 5.41) is 5.39. The molecule has 2 aliphatic heterocycles. The molecule has 2 aliphatic rings. The summed E-state index contributed by atoms with van der Waals surface area (Å²) in [7, 11) is 0. The fourth-order valence-electron chi connectivity index (χ4n) is 2.98. The zero-order chi connectivity index (χ0) is 16.5. The molecule has 0 saturated carbocycles. The standard InChI is InChI=1S/C18H16N4OS/c1-11-4-6-12(7-5-11)16-15(18-20-14(23)10-24-18)17(22-21-16)13-3-2-8-19-9-13/h2-9,15-16,21H,10H2,1H3. The van der Waals surface area contributed by atoms with E-state index in [9.17, 15) is 4.79 Å². The van der Waals surface area contributed by atoms with E-state index in [4.69, 9.17) is 0 Å². The molecular formula is C18H16N4OS. The fourth-order valence-corrected chi connectivity index (χ4v) is 3.91. The number of aromatic nitrogens is 1. The molecule has 4 rings (SSSR count). The number of thioether (sulfide) groups is 1. The Bertz CT molecular complexity index is 830. The number of aliphatic imine (C=N–C) groups is 1. The van der Waals surface area contributed by atoms with Crippen LogP contribution < -0.4 is 5.43 Å². The van der Waals surface area contributed by atoms with Gasteiger partial charge in [0, 0.05) is 18.0 Å². The molecule has 2 atom stereocenters. The van der Waals surface area contributed by atoms with Crippen molar-refractivity contribution >= 4 is 28.4 Å². The van der Waals surface area contributed by atoms with Gasteiger partial charge in [0.2, 0.25) is 0 Å². The van der Waals surface area contributed by atoms with Gasteiger partial charge in [-0.1, -0.05) is 41.6 Å². The molecule has 0 spiro atoms. The number of hydrogen-bond donors (Lipinski definition) is 1. The van der Waals surface area contributed by atoms with Crippen LogP contribution in [0.4, 0.5) is 0 Å². The molecule has 3 heterocycles. The second kappa shape index (κ2) is 6.20. The summed E-state index contributed by atoms with van der Waals surface area (Å²) in [6, 6.07) is 12.2. The van der Waals surface area contributed by atoms with E-state index >= 15 is 0 Å². The van der Waals surface area contributed by atoms with Gasteiger partial charge in [-0.3, -0.25) is 9.78 Å². The molecule has 5 nitrogen and oxygen atoms in total. The lowest BCUT2D eigenvalue weighted by Crippen LogP contribution is -2.27. The van der Waals surface area contributed by atoms with Crippen molar-refractivity contribution in [3.05, 3.63) is 65.5 Å². The SMILES string of the molecule is Cc1ccc(C2NN=C(c3cccnc3)C2C2=NC(=O)CS2)cc1. The second-order valence-corrected chi connectivity index (χ2v) is 6.86. The van der Waals surface area contributed by atoms with Gasteiger partial charge in [0.05, 0.1) is 28.5 Å². The Hall–Kier alpha value is -2.47. The topological polar surface area (TPSA) is 66.7 Å². The Kier molecular flexibility index (Phi) is 3.90. The normalized spacial score (nSPS) is 23.0. The van der Waals surface area contributed by atoms with Crippen molar-refractivity contribution in [2.75, 3.05) is 5.75 Å². The van der Waals surface area contributed by atoms with E-state index in [1.807, 2.05) is 12.1 Å². The van der Waals surface area contributed by atoms with Crippen LogP contribution in [0.3, 0.4) is 0 Å². The smallest absolute Gasteiger partial charge is 0.256 e. The number of nitrogens with one attached hydrogen (secondary N) is 1. The Labute approximate surface area is 144 Å². The number of aryl methyl sites for hydroxylation is 1. The lowest BCUT2D eigenvalue weighted by atomic mass is 9.88. The van der Waals surface area contributed by atoms with Crippen LogP contribution in [0.2, 0.25) is 0 Å². The molecule has 120 valence electrons. The first-order valence-corrected chi connectivity index (χ1v) is 8.75. The highest BCUT2D eigenvalue weighted by molar-refractivity contribution is 8.15. The summed E-state index contributed by atoms with van der Waals surface area (Å²) in [6.07, 6.45) is 3.54. The quantitative estimate of drug-likeness (QED) is 0.936. The van der Waals surface area contributed by atoms with Gasteiger partial charge in [0.15, 0.2) is 0 Å². The van der Waals surface area contributed by atoms with Crippen LogP contribution in [0.5, 0.6) is 0 Å². The fraction of sp³-hybridized carbons (Fsp3) is 0.222. The van der Waals surface area contributed by atoms with Crippen LogP contribution in [0.1, 0.15) is 22.7 Å². The summed E-state index contributed by atoms with van der Waals surface area (Å²) < 4.78 is 0. The predicted octanol–water partition coefficient (Wildman–Crippen LogP) is 2.73. The highest BCUT2D eigenvalue weighted by Crippen LogP contribution is 2.36. The number of benzene rings is 1. The number of carbonyl (C=O) groups excluding carboxylic acids is 1. The molecular weight excluding hydrogens is 320 g/mol. The average molecular weight is 336 g/mol. The Balaban J connectivity index is 1.75. The van der Waals surface area contributed by atoms with Crippen molar-refractivity contribution in [2.24, 2.45) is 16.0 Å². The number of pyridine rings is 1. The molecule has 0 bridgehead atoms. The molecule has 0 fully saturated rings. The van der Waals surface area contributed by atoms with E-state index < -0.39 is 0 Å². The maximum atomic E-state index is 11.7. The summed E-state index contributed by atoms with van der Waals surface area (Å²) >= 11 is 1.51. The molecule has 0 aliphatic carbocycles. The zero-order valence-corrected chi connectivity index (χ0v) is 14.0. The van der Waals surface area contributed by atoms with Crippen molar-refractivity contribution in [1.82, 2.24) is 10.4 Å². The summed E-state index contributed by atoms with van der Waals surface area (Å²) in [4.78, 5) is 20.1. The average Bonchev–Trinajstić information content (AvgIpc) is 3.22. The minimum atomic E-state index is -0.0756. The minimum Gasteiger partial charge on any atom is -0.301 e. The first-order chi connectivity index (χ1) is 11.7. The van der Waals surface area contributed by atoms with E-state index in [0.29, 0.717) is 5.75 Å². The van der Waals surface area contributed by atoms with E-state index in [2.05, 4.69) is 51.7 Å². The summed E-state index contributed by atoms with van der Waals surface area (Å²) in [6.45, 7) is 2.07. The van der Waals surface area contributed by atoms with Crippen LogP contribution in [-0.2, 0) is 4.79 Å². The van der Waals surface area contributed by atoms with Gasteiger partial charge in [-0.2, -0.15) is 5.10 Å². The van der Waals surface area contributed by atoms with Crippen LogP contribution in [0.25, 0.3) is 0 Å². The molecule has 1 aromatic heterocycles. The lowest BCUT2D eigenvalue weighted by molar-refractivity contribution is -0.115. The number of hydrazone groups is 1. The van der Waals surface area contributed by atoms with E-state index in [1.54, 1.807) is 12.4 Å². The van der Waals surface area contributed by atoms with Crippen LogP contribution in [0.15, 0.2) is 58.9 Å². The van der Waals surface area contributed by atoms with Crippen LogP contribution in [0, 0.1) is 12.8 Å². The number of amides is 1. The first-order valence-electron chi connectivity index (χ1n) is 7.76. The van der Waals surface area contributed by atoms with Gasteiger partial charge >= 0.3 is 0 Å². The number of nitrogens with zero attached hydrogens (tertiary/aromatic N) is 3. The largest absolute Gasteiger partial charge is 0.301 e.